The Morgan fingerprint density at radius 3 is 2.27 bits per heavy atom. The summed E-state index contributed by atoms with van der Waals surface area (Å²) in [7, 11) is -3.93. The summed E-state index contributed by atoms with van der Waals surface area (Å²) in [5.74, 6) is -0.757. The van der Waals surface area contributed by atoms with Crippen molar-refractivity contribution >= 4 is 21.6 Å². The largest absolute Gasteiger partial charge is 0.324 e. The molecule has 1 amide bonds. The van der Waals surface area contributed by atoms with Crippen LogP contribution in [-0.4, -0.2) is 20.4 Å². The third-order valence-electron chi connectivity index (χ3n) is 3.99. The molecule has 0 bridgehead atoms. The minimum atomic E-state index is -3.93. The average molecular weight is 378 g/mol. The van der Waals surface area contributed by atoms with Crippen molar-refractivity contribution in [3.8, 4) is 0 Å². The molecule has 140 valence electrons. The fourth-order valence-electron chi connectivity index (χ4n) is 2.53. The number of halogens is 1. The van der Waals surface area contributed by atoms with Gasteiger partial charge in [0, 0.05) is 5.69 Å². The molecule has 7 heteroatoms. The van der Waals surface area contributed by atoms with E-state index in [1.165, 1.54) is 0 Å². The number of carbonyl (C=O) groups is 1. The zero-order valence-electron chi connectivity index (χ0n) is 15.0. The van der Waals surface area contributed by atoms with Crippen LogP contribution >= 0.6 is 0 Å². The molecule has 5 nitrogen and oxygen atoms in total. The summed E-state index contributed by atoms with van der Waals surface area (Å²) in [6, 6.07) is 10.9. The number of rotatable bonds is 7. The highest BCUT2D eigenvalue weighted by Crippen LogP contribution is 2.24. The minimum Gasteiger partial charge on any atom is -0.324 e. The summed E-state index contributed by atoms with van der Waals surface area (Å²) >= 11 is 0. The monoisotopic (exact) mass is 378 g/mol. The first-order valence-electron chi connectivity index (χ1n) is 8.42. The molecule has 0 fully saturated rings. The Kier molecular flexibility index (Phi) is 6.50. The van der Waals surface area contributed by atoms with Crippen LogP contribution in [0.1, 0.15) is 38.7 Å². The predicted octanol–water partition coefficient (Wildman–Crippen LogP) is 3.64. The molecule has 0 aromatic heterocycles. The van der Waals surface area contributed by atoms with E-state index in [9.17, 15) is 17.6 Å². The summed E-state index contributed by atoms with van der Waals surface area (Å²) in [5, 5.41) is 2.80. The molecule has 2 aromatic carbocycles. The van der Waals surface area contributed by atoms with Gasteiger partial charge in [0.1, 0.15) is 11.9 Å². The molecule has 26 heavy (non-hydrogen) atoms. The second kappa shape index (κ2) is 8.42. The molecule has 0 saturated heterocycles. The van der Waals surface area contributed by atoms with Crippen LogP contribution in [0.5, 0.6) is 0 Å². The van der Waals surface area contributed by atoms with Crippen molar-refractivity contribution in [3.63, 3.8) is 0 Å². The van der Waals surface area contributed by atoms with Gasteiger partial charge in [-0.25, -0.2) is 12.8 Å². The second-order valence-corrected chi connectivity index (χ2v) is 7.98. The van der Waals surface area contributed by atoms with Gasteiger partial charge in [-0.2, -0.15) is 4.72 Å². The van der Waals surface area contributed by atoms with Crippen molar-refractivity contribution < 1.29 is 17.6 Å². The highest BCUT2D eigenvalue weighted by molar-refractivity contribution is 7.89. The molecule has 2 aromatic rings. The van der Waals surface area contributed by atoms with Crippen LogP contribution in [0, 0.1) is 5.82 Å². The van der Waals surface area contributed by atoms with Gasteiger partial charge in [0.2, 0.25) is 15.9 Å². The highest BCUT2D eigenvalue weighted by atomic mass is 32.2. The van der Waals surface area contributed by atoms with Crippen molar-refractivity contribution in [2.75, 3.05) is 5.32 Å². The lowest BCUT2D eigenvalue weighted by atomic mass is 10.0. The lowest BCUT2D eigenvalue weighted by Crippen LogP contribution is -2.43. The second-order valence-electron chi connectivity index (χ2n) is 6.27. The van der Waals surface area contributed by atoms with E-state index in [4.69, 9.17) is 0 Å². The zero-order chi connectivity index (χ0) is 19.3. The number of sulfonamides is 1. The molecule has 0 aliphatic heterocycles. The number of carbonyl (C=O) groups excluding carboxylic acids is 1. The Morgan fingerprint density at radius 1 is 1.08 bits per heavy atom. The van der Waals surface area contributed by atoms with Crippen LogP contribution in [-0.2, 0) is 14.8 Å². The summed E-state index contributed by atoms with van der Waals surface area (Å²) in [4.78, 5) is 12.5. The first-order chi connectivity index (χ1) is 12.2. The normalized spacial score (nSPS) is 12.8. The molecule has 1 atom stereocenters. The van der Waals surface area contributed by atoms with E-state index in [1.54, 1.807) is 13.0 Å². The van der Waals surface area contributed by atoms with Gasteiger partial charge in [-0.05, 0) is 48.2 Å². The van der Waals surface area contributed by atoms with Crippen LogP contribution in [0.2, 0.25) is 0 Å². The molecule has 0 aliphatic rings. The van der Waals surface area contributed by atoms with E-state index in [-0.39, 0.29) is 17.2 Å². The predicted molar refractivity (Wildman–Crippen MR) is 100.0 cm³/mol. The third-order valence-corrected chi connectivity index (χ3v) is 5.47. The first kappa shape index (κ1) is 20.1. The van der Waals surface area contributed by atoms with Gasteiger partial charge < -0.3 is 5.32 Å². The Hall–Kier alpha value is -2.25. The molecule has 0 radical (unpaired) electrons. The Labute approximate surface area is 153 Å². The topological polar surface area (TPSA) is 75.3 Å². The molecular weight excluding hydrogens is 355 g/mol. The number of hydrogen-bond acceptors (Lipinski definition) is 3. The number of amides is 1. The third kappa shape index (κ3) is 4.89. The highest BCUT2D eigenvalue weighted by Gasteiger charge is 2.25. The maximum absolute atomic E-state index is 13.0. The summed E-state index contributed by atoms with van der Waals surface area (Å²) in [5.41, 5.74) is 1.63. The van der Waals surface area contributed by atoms with Gasteiger partial charge in [0.05, 0.1) is 4.90 Å². The van der Waals surface area contributed by atoms with Crippen LogP contribution in [0.15, 0.2) is 53.4 Å². The minimum absolute atomic E-state index is 0.0901. The average Bonchev–Trinajstić information content (AvgIpc) is 2.60. The number of hydrogen-bond donors (Lipinski definition) is 2. The van der Waals surface area contributed by atoms with E-state index in [0.717, 1.165) is 29.8 Å². The number of anilines is 1. The number of benzene rings is 2. The van der Waals surface area contributed by atoms with Crippen LogP contribution in [0.4, 0.5) is 10.1 Å². The van der Waals surface area contributed by atoms with Gasteiger partial charge in [0.25, 0.3) is 0 Å². The van der Waals surface area contributed by atoms with Crippen LogP contribution in [0.3, 0.4) is 0 Å². The standard InChI is InChI=1S/C19H23FN2O3S/c1-4-17(22-26(24,25)15-11-9-14(20)10-12-15)19(23)21-18-8-6-5-7-16(18)13(2)3/h5-13,17,22H,4H2,1-3H3,(H,21,23). The Morgan fingerprint density at radius 2 is 1.69 bits per heavy atom. The molecule has 0 heterocycles. The fourth-order valence-corrected chi connectivity index (χ4v) is 3.80. The quantitative estimate of drug-likeness (QED) is 0.772. The summed E-state index contributed by atoms with van der Waals surface area (Å²) < 4.78 is 40.2. The van der Waals surface area contributed by atoms with E-state index in [0.29, 0.717) is 5.69 Å². The fraction of sp³-hybridized carbons (Fsp3) is 0.316. The Bertz CT molecular complexity index is 865. The van der Waals surface area contributed by atoms with Gasteiger partial charge >= 0.3 is 0 Å². The van der Waals surface area contributed by atoms with Crippen molar-refractivity contribution in [2.24, 2.45) is 0 Å². The maximum Gasteiger partial charge on any atom is 0.242 e. The van der Waals surface area contributed by atoms with Crippen LogP contribution < -0.4 is 10.0 Å². The van der Waals surface area contributed by atoms with Crippen molar-refractivity contribution in [3.05, 3.63) is 59.9 Å². The molecule has 2 N–H and O–H groups in total. The van der Waals surface area contributed by atoms with E-state index < -0.39 is 27.8 Å². The molecule has 2 rings (SSSR count). The maximum atomic E-state index is 13.0. The van der Waals surface area contributed by atoms with E-state index in [1.807, 2.05) is 32.0 Å². The SMILES string of the molecule is CCC(NS(=O)(=O)c1ccc(F)cc1)C(=O)Nc1ccccc1C(C)C. The molecule has 0 saturated carbocycles. The zero-order valence-corrected chi connectivity index (χ0v) is 15.8. The first-order valence-corrected chi connectivity index (χ1v) is 9.90. The lowest BCUT2D eigenvalue weighted by molar-refractivity contribution is -0.117. The van der Waals surface area contributed by atoms with E-state index in [2.05, 4.69) is 10.0 Å². The smallest absolute Gasteiger partial charge is 0.242 e. The summed E-state index contributed by atoms with van der Waals surface area (Å²) in [6.07, 6.45) is 0.274. The van der Waals surface area contributed by atoms with Gasteiger partial charge in [-0.3, -0.25) is 4.79 Å². The van der Waals surface area contributed by atoms with Crippen LogP contribution in [0.25, 0.3) is 0 Å². The van der Waals surface area contributed by atoms with Crippen molar-refractivity contribution in [1.82, 2.24) is 4.72 Å². The molecule has 1 unspecified atom stereocenters. The Balaban J connectivity index is 2.18. The van der Waals surface area contributed by atoms with Gasteiger partial charge in [0.15, 0.2) is 0 Å². The summed E-state index contributed by atoms with van der Waals surface area (Å²) in [6.45, 7) is 5.74. The molecule has 0 spiro atoms. The number of para-hydroxylation sites is 1. The van der Waals surface area contributed by atoms with Crippen molar-refractivity contribution in [1.29, 1.82) is 0 Å². The van der Waals surface area contributed by atoms with Crippen molar-refractivity contribution in [2.45, 2.75) is 44.0 Å². The number of nitrogens with one attached hydrogen (secondary N) is 2. The lowest BCUT2D eigenvalue weighted by Gasteiger charge is -2.19. The van der Waals surface area contributed by atoms with E-state index >= 15 is 0 Å². The van der Waals surface area contributed by atoms with Gasteiger partial charge in [-0.15, -0.1) is 0 Å². The molecule has 0 aliphatic carbocycles. The van der Waals surface area contributed by atoms with Gasteiger partial charge in [-0.1, -0.05) is 39.0 Å². The molecular formula is C19H23FN2O3S.